The van der Waals surface area contributed by atoms with E-state index in [2.05, 4.69) is 4.98 Å². The Morgan fingerprint density at radius 1 is 1.03 bits per heavy atom. The lowest BCUT2D eigenvalue weighted by atomic mass is 10.3. The Hall–Kier alpha value is -2.76. The van der Waals surface area contributed by atoms with Gasteiger partial charge >= 0.3 is 0 Å². The third-order valence-corrected chi connectivity index (χ3v) is 7.40. The van der Waals surface area contributed by atoms with Crippen molar-refractivity contribution in [3.63, 3.8) is 0 Å². The lowest BCUT2D eigenvalue weighted by molar-refractivity contribution is -0.116. The first-order valence-corrected chi connectivity index (χ1v) is 12.1. The SMILES string of the molecule is COc1ccc(OC)c2sc(N(CCN(C)C)C(=O)CS(=O)(=O)c3ccc(F)cc3)nc12. The monoisotopic (exact) mass is 481 g/mol. The highest BCUT2D eigenvalue weighted by Crippen LogP contribution is 2.40. The van der Waals surface area contributed by atoms with Crippen LogP contribution in [0, 0.1) is 5.82 Å². The molecule has 0 saturated heterocycles. The summed E-state index contributed by atoms with van der Waals surface area (Å²) in [6.45, 7) is 0.724. The number of hydrogen-bond donors (Lipinski definition) is 0. The number of amides is 1. The number of methoxy groups -OCH3 is 2. The normalized spacial score (nSPS) is 11.7. The molecule has 0 spiro atoms. The average Bonchev–Trinajstić information content (AvgIpc) is 3.18. The lowest BCUT2D eigenvalue weighted by Crippen LogP contribution is -2.40. The number of halogens is 1. The standard InChI is InChI=1S/C21H24FN3O5S2/c1-24(2)11-12-25(18(26)13-32(27,28)15-7-5-14(22)6-8-15)21-23-19-16(29-3)9-10-17(30-4)20(19)31-21/h5-10H,11-13H2,1-4H3. The molecule has 0 aliphatic heterocycles. The highest BCUT2D eigenvalue weighted by atomic mass is 32.2. The van der Waals surface area contributed by atoms with E-state index >= 15 is 0 Å². The van der Waals surface area contributed by atoms with Gasteiger partial charge in [-0.2, -0.15) is 0 Å². The number of carbonyl (C=O) groups is 1. The van der Waals surface area contributed by atoms with Gasteiger partial charge in [-0.3, -0.25) is 9.69 Å². The van der Waals surface area contributed by atoms with Crippen molar-refractivity contribution in [2.24, 2.45) is 0 Å². The number of carbonyl (C=O) groups excluding carboxylic acids is 1. The summed E-state index contributed by atoms with van der Waals surface area (Å²) in [5.74, 6) is -0.866. The molecule has 0 N–H and O–H groups in total. The molecular formula is C21H24FN3O5S2. The Morgan fingerprint density at radius 3 is 2.25 bits per heavy atom. The van der Waals surface area contributed by atoms with E-state index in [0.717, 1.165) is 24.3 Å². The fraction of sp³-hybridized carbons (Fsp3) is 0.333. The molecular weight excluding hydrogens is 457 g/mol. The highest BCUT2D eigenvalue weighted by Gasteiger charge is 2.27. The van der Waals surface area contributed by atoms with Gasteiger partial charge in [-0.05, 0) is 50.5 Å². The maximum absolute atomic E-state index is 13.2. The summed E-state index contributed by atoms with van der Waals surface area (Å²) in [5.41, 5.74) is 0.524. The molecule has 0 fully saturated rings. The smallest absolute Gasteiger partial charge is 0.244 e. The number of aromatic nitrogens is 1. The van der Waals surface area contributed by atoms with Crippen LogP contribution in [-0.4, -0.2) is 71.4 Å². The van der Waals surface area contributed by atoms with Crippen LogP contribution in [0.3, 0.4) is 0 Å². The molecule has 11 heteroatoms. The first-order valence-electron chi connectivity index (χ1n) is 9.61. The summed E-state index contributed by atoms with van der Waals surface area (Å²) < 4.78 is 50.2. The van der Waals surface area contributed by atoms with Gasteiger partial charge in [-0.15, -0.1) is 0 Å². The molecule has 1 aromatic heterocycles. The van der Waals surface area contributed by atoms with Gasteiger partial charge in [-0.25, -0.2) is 17.8 Å². The van der Waals surface area contributed by atoms with Crippen LogP contribution >= 0.6 is 11.3 Å². The van der Waals surface area contributed by atoms with Gasteiger partial charge in [0.25, 0.3) is 0 Å². The Kier molecular flexibility index (Phi) is 7.32. The molecule has 3 aromatic rings. The van der Waals surface area contributed by atoms with Crippen molar-refractivity contribution in [2.75, 3.05) is 52.1 Å². The van der Waals surface area contributed by atoms with Gasteiger partial charge in [0.2, 0.25) is 5.91 Å². The number of nitrogens with zero attached hydrogens (tertiary/aromatic N) is 3. The van der Waals surface area contributed by atoms with E-state index in [4.69, 9.17) is 9.47 Å². The van der Waals surface area contributed by atoms with E-state index < -0.39 is 27.3 Å². The van der Waals surface area contributed by atoms with Gasteiger partial charge in [-0.1, -0.05) is 11.3 Å². The second-order valence-corrected chi connectivity index (χ2v) is 10.2. The van der Waals surface area contributed by atoms with Crippen LogP contribution < -0.4 is 14.4 Å². The minimum atomic E-state index is -3.97. The Balaban J connectivity index is 1.99. The molecule has 0 bridgehead atoms. The number of thiazole rings is 1. The number of anilines is 1. The summed E-state index contributed by atoms with van der Waals surface area (Å²) in [6, 6.07) is 7.86. The van der Waals surface area contributed by atoms with Gasteiger partial charge in [0, 0.05) is 13.1 Å². The van der Waals surface area contributed by atoms with Crippen molar-refractivity contribution < 1.29 is 27.1 Å². The quantitative estimate of drug-likeness (QED) is 0.434. The summed E-state index contributed by atoms with van der Waals surface area (Å²) >= 11 is 1.22. The van der Waals surface area contributed by atoms with E-state index in [1.165, 1.54) is 30.5 Å². The predicted octanol–water partition coefficient (Wildman–Crippen LogP) is 2.82. The fourth-order valence-corrected chi connectivity index (χ4v) is 5.30. The second-order valence-electron chi connectivity index (χ2n) is 7.21. The van der Waals surface area contributed by atoms with Gasteiger partial charge < -0.3 is 14.4 Å². The number of sulfone groups is 1. The van der Waals surface area contributed by atoms with Gasteiger partial charge in [0.15, 0.2) is 15.0 Å². The van der Waals surface area contributed by atoms with E-state index in [1.807, 2.05) is 19.0 Å². The molecule has 0 aliphatic carbocycles. The van der Waals surface area contributed by atoms with Crippen molar-refractivity contribution in [3.8, 4) is 11.5 Å². The van der Waals surface area contributed by atoms with Crippen LogP contribution in [0.2, 0.25) is 0 Å². The number of rotatable bonds is 9. The molecule has 3 rings (SSSR count). The average molecular weight is 482 g/mol. The number of hydrogen-bond acceptors (Lipinski definition) is 8. The van der Waals surface area contributed by atoms with Crippen LogP contribution in [0.1, 0.15) is 0 Å². The van der Waals surface area contributed by atoms with Crippen molar-refractivity contribution in [1.29, 1.82) is 0 Å². The predicted molar refractivity (Wildman–Crippen MR) is 122 cm³/mol. The first kappa shape index (κ1) is 23.9. The highest BCUT2D eigenvalue weighted by molar-refractivity contribution is 7.92. The molecule has 0 unspecified atom stereocenters. The zero-order chi connectivity index (χ0) is 23.5. The van der Waals surface area contributed by atoms with Crippen LogP contribution in [-0.2, 0) is 14.6 Å². The maximum atomic E-state index is 13.2. The third kappa shape index (κ3) is 5.17. The maximum Gasteiger partial charge on any atom is 0.244 e. The summed E-state index contributed by atoms with van der Waals surface area (Å²) in [4.78, 5) is 20.8. The molecule has 172 valence electrons. The van der Waals surface area contributed by atoms with Gasteiger partial charge in [0.05, 0.1) is 19.1 Å². The molecule has 1 amide bonds. The molecule has 2 aromatic carbocycles. The molecule has 0 aliphatic rings. The van der Waals surface area contributed by atoms with Crippen LogP contribution in [0.4, 0.5) is 9.52 Å². The third-order valence-electron chi connectivity index (χ3n) is 4.69. The summed E-state index contributed by atoms with van der Waals surface area (Å²) in [7, 11) is 2.78. The molecule has 0 saturated carbocycles. The Bertz CT molecular complexity index is 1170. The van der Waals surface area contributed by atoms with E-state index in [-0.39, 0.29) is 11.4 Å². The van der Waals surface area contributed by atoms with Gasteiger partial charge in [0.1, 0.15) is 33.3 Å². The molecule has 32 heavy (non-hydrogen) atoms. The Morgan fingerprint density at radius 2 is 1.66 bits per heavy atom. The van der Waals surface area contributed by atoms with Crippen molar-refractivity contribution >= 4 is 42.4 Å². The van der Waals surface area contributed by atoms with E-state index in [9.17, 15) is 17.6 Å². The topological polar surface area (TPSA) is 89.0 Å². The number of ether oxygens (including phenoxy) is 2. The molecule has 0 atom stereocenters. The van der Waals surface area contributed by atoms with Crippen molar-refractivity contribution in [1.82, 2.24) is 9.88 Å². The number of benzene rings is 2. The lowest BCUT2D eigenvalue weighted by Gasteiger charge is -2.22. The minimum absolute atomic E-state index is 0.118. The Labute approximate surface area is 190 Å². The largest absolute Gasteiger partial charge is 0.495 e. The molecule has 0 radical (unpaired) electrons. The minimum Gasteiger partial charge on any atom is -0.495 e. The zero-order valence-electron chi connectivity index (χ0n) is 18.2. The summed E-state index contributed by atoms with van der Waals surface area (Å²) in [5, 5.41) is 0.337. The molecule has 8 nitrogen and oxygen atoms in total. The first-order chi connectivity index (χ1) is 15.2. The van der Waals surface area contributed by atoms with E-state index in [0.29, 0.717) is 33.4 Å². The zero-order valence-corrected chi connectivity index (χ0v) is 19.8. The van der Waals surface area contributed by atoms with Crippen LogP contribution in [0.15, 0.2) is 41.3 Å². The molecule has 1 heterocycles. The number of fused-ring (bicyclic) bond motifs is 1. The summed E-state index contributed by atoms with van der Waals surface area (Å²) in [6.07, 6.45) is 0. The second kappa shape index (κ2) is 9.80. The van der Waals surface area contributed by atoms with Crippen LogP contribution in [0.25, 0.3) is 10.2 Å². The fourth-order valence-electron chi connectivity index (χ4n) is 2.98. The van der Waals surface area contributed by atoms with E-state index in [1.54, 1.807) is 12.1 Å². The van der Waals surface area contributed by atoms with Crippen molar-refractivity contribution in [3.05, 3.63) is 42.2 Å². The van der Waals surface area contributed by atoms with Crippen molar-refractivity contribution in [2.45, 2.75) is 4.90 Å². The van der Waals surface area contributed by atoms with Crippen LogP contribution in [0.5, 0.6) is 11.5 Å². The number of likely N-dealkylation sites (N-methyl/N-ethyl adjacent to an activating group) is 1.